The van der Waals surface area contributed by atoms with Crippen molar-refractivity contribution in [2.75, 3.05) is 23.3 Å². The highest BCUT2D eigenvalue weighted by molar-refractivity contribution is 7.18. The third-order valence-electron chi connectivity index (χ3n) is 6.22. The lowest BCUT2D eigenvalue weighted by Gasteiger charge is -2.13. The molecule has 1 aliphatic rings. The molecule has 1 aromatic heterocycles. The number of benzene rings is 3. The molecule has 4 aromatic rings. The molecule has 0 unspecified atom stereocenters. The Morgan fingerprint density at radius 3 is 2.34 bits per heavy atom. The van der Waals surface area contributed by atoms with Gasteiger partial charge in [-0.2, -0.15) is 0 Å². The summed E-state index contributed by atoms with van der Waals surface area (Å²) in [5.74, 6) is -0.268. The van der Waals surface area contributed by atoms with Crippen LogP contribution in [-0.4, -0.2) is 37.0 Å². The molecule has 1 aliphatic heterocycles. The smallest absolute Gasteiger partial charge is 0.414 e. The number of hydrogen-bond acceptors (Lipinski definition) is 6. The molecule has 2 heterocycles. The van der Waals surface area contributed by atoms with Gasteiger partial charge in [-0.1, -0.05) is 60.7 Å². The molecule has 2 amide bonds. The van der Waals surface area contributed by atoms with Crippen LogP contribution >= 0.6 is 11.3 Å². The second-order valence-corrected chi connectivity index (χ2v) is 10.0. The number of cyclic esters (lactones) is 1. The van der Waals surface area contributed by atoms with Gasteiger partial charge in [-0.3, -0.25) is 14.5 Å². The van der Waals surface area contributed by atoms with Crippen molar-refractivity contribution < 1.29 is 19.1 Å². The quantitative estimate of drug-likeness (QED) is 0.273. The van der Waals surface area contributed by atoms with E-state index in [2.05, 4.69) is 10.6 Å². The lowest BCUT2D eigenvalue weighted by Crippen LogP contribution is -2.33. The highest BCUT2D eigenvalue weighted by Crippen LogP contribution is 2.37. The van der Waals surface area contributed by atoms with E-state index in [0.29, 0.717) is 29.2 Å². The maximum Gasteiger partial charge on any atom is 0.414 e. The SMILES string of the molecule is CC(=O)NC[C@H]1CN(c2ccc(C(=O)c3sc(-c4ccccc4)cc3NCc3ccccc3)cc2)C(=O)O1. The lowest BCUT2D eigenvalue weighted by molar-refractivity contribution is -0.119. The number of ketones is 1. The van der Waals surface area contributed by atoms with Crippen molar-refractivity contribution in [3.05, 3.63) is 107 Å². The molecule has 1 saturated heterocycles. The van der Waals surface area contributed by atoms with Crippen LogP contribution in [0.5, 0.6) is 0 Å². The number of carbonyl (C=O) groups is 3. The highest BCUT2D eigenvalue weighted by atomic mass is 32.1. The van der Waals surface area contributed by atoms with Crippen molar-refractivity contribution in [3.8, 4) is 10.4 Å². The van der Waals surface area contributed by atoms with E-state index in [1.165, 1.54) is 23.2 Å². The average Bonchev–Trinajstić information content (AvgIpc) is 3.55. The van der Waals surface area contributed by atoms with Crippen LogP contribution in [0.4, 0.5) is 16.2 Å². The molecular weight excluding hydrogens is 498 g/mol. The minimum atomic E-state index is -0.474. The first-order chi connectivity index (χ1) is 18.5. The van der Waals surface area contributed by atoms with Gasteiger partial charge in [0, 0.05) is 29.6 Å². The monoisotopic (exact) mass is 525 g/mol. The van der Waals surface area contributed by atoms with Crippen LogP contribution < -0.4 is 15.5 Å². The predicted octanol–water partition coefficient (Wildman–Crippen LogP) is 5.72. The van der Waals surface area contributed by atoms with Gasteiger partial charge in [0.2, 0.25) is 11.7 Å². The molecular formula is C30H27N3O4S. The Balaban J connectivity index is 1.36. The summed E-state index contributed by atoms with van der Waals surface area (Å²) >= 11 is 1.46. The van der Waals surface area contributed by atoms with E-state index >= 15 is 0 Å². The Bertz CT molecular complexity index is 1440. The molecule has 2 N–H and O–H groups in total. The summed E-state index contributed by atoms with van der Waals surface area (Å²) in [5, 5.41) is 6.12. The van der Waals surface area contributed by atoms with Gasteiger partial charge in [0.15, 0.2) is 0 Å². The number of ether oxygens (including phenoxy) is 1. The van der Waals surface area contributed by atoms with Crippen LogP contribution in [0.15, 0.2) is 91.0 Å². The number of nitrogens with one attached hydrogen (secondary N) is 2. The number of hydrogen-bond donors (Lipinski definition) is 2. The van der Waals surface area contributed by atoms with E-state index in [4.69, 9.17) is 4.74 Å². The minimum Gasteiger partial charge on any atom is -0.442 e. The largest absolute Gasteiger partial charge is 0.442 e. The van der Waals surface area contributed by atoms with Crippen molar-refractivity contribution in [2.24, 2.45) is 0 Å². The Labute approximate surface area is 225 Å². The standard InChI is InChI=1S/C30H27N3O4S/c1-20(34)31-18-25-19-33(30(36)37-25)24-14-12-23(13-15-24)28(35)29-26(32-17-21-8-4-2-5-9-21)16-27(38-29)22-10-6-3-7-11-22/h2-16,25,32H,17-19H2,1H3,(H,31,34)/t25-/m0/s1. The summed E-state index contributed by atoms with van der Waals surface area (Å²) in [5.41, 5.74) is 4.12. The molecule has 1 atom stereocenters. The Kier molecular flexibility index (Phi) is 7.51. The summed E-state index contributed by atoms with van der Waals surface area (Å²) in [4.78, 5) is 40.3. The zero-order valence-corrected chi connectivity index (χ0v) is 21.7. The lowest BCUT2D eigenvalue weighted by atomic mass is 10.1. The van der Waals surface area contributed by atoms with Crippen LogP contribution in [0.2, 0.25) is 0 Å². The molecule has 0 bridgehead atoms. The van der Waals surface area contributed by atoms with Crippen LogP contribution in [0, 0.1) is 0 Å². The molecule has 0 saturated carbocycles. The Morgan fingerprint density at radius 2 is 1.66 bits per heavy atom. The second kappa shape index (κ2) is 11.3. The van der Waals surface area contributed by atoms with Crippen molar-refractivity contribution in [3.63, 3.8) is 0 Å². The maximum absolute atomic E-state index is 13.6. The molecule has 192 valence electrons. The molecule has 1 fully saturated rings. The van der Waals surface area contributed by atoms with Crippen LogP contribution in [0.25, 0.3) is 10.4 Å². The van der Waals surface area contributed by atoms with E-state index in [1.54, 1.807) is 24.3 Å². The maximum atomic E-state index is 13.6. The number of nitrogens with zero attached hydrogens (tertiary/aromatic N) is 1. The van der Waals surface area contributed by atoms with E-state index in [9.17, 15) is 14.4 Å². The summed E-state index contributed by atoms with van der Waals surface area (Å²) in [6.07, 6.45) is -0.897. The van der Waals surface area contributed by atoms with Crippen molar-refractivity contribution >= 4 is 40.5 Å². The van der Waals surface area contributed by atoms with Crippen molar-refractivity contribution in [1.29, 1.82) is 0 Å². The fourth-order valence-corrected chi connectivity index (χ4v) is 5.35. The molecule has 7 nitrogen and oxygen atoms in total. The zero-order valence-electron chi connectivity index (χ0n) is 20.8. The topological polar surface area (TPSA) is 87.7 Å². The zero-order chi connectivity index (χ0) is 26.5. The number of carbonyl (C=O) groups excluding carboxylic acids is 3. The molecule has 8 heteroatoms. The highest BCUT2D eigenvalue weighted by Gasteiger charge is 2.32. The van der Waals surface area contributed by atoms with Gasteiger partial charge in [-0.15, -0.1) is 11.3 Å². The van der Waals surface area contributed by atoms with E-state index in [-0.39, 0.29) is 18.2 Å². The van der Waals surface area contributed by atoms with Gasteiger partial charge in [0.05, 0.1) is 23.7 Å². The molecule has 0 spiro atoms. The number of amides is 2. The normalized spacial score (nSPS) is 14.7. The molecule has 5 rings (SSSR count). The molecule has 38 heavy (non-hydrogen) atoms. The van der Waals surface area contributed by atoms with Crippen LogP contribution in [-0.2, 0) is 16.1 Å². The van der Waals surface area contributed by atoms with Crippen LogP contribution in [0.1, 0.15) is 27.7 Å². The first-order valence-corrected chi connectivity index (χ1v) is 13.1. The van der Waals surface area contributed by atoms with Gasteiger partial charge in [-0.05, 0) is 41.5 Å². The number of rotatable bonds is 9. The number of anilines is 2. The Morgan fingerprint density at radius 1 is 0.974 bits per heavy atom. The fraction of sp³-hybridized carbons (Fsp3) is 0.167. The van der Waals surface area contributed by atoms with Gasteiger partial charge >= 0.3 is 6.09 Å². The molecule has 0 radical (unpaired) electrons. The van der Waals surface area contributed by atoms with Gasteiger partial charge in [-0.25, -0.2) is 4.79 Å². The summed E-state index contributed by atoms with van der Waals surface area (Å²) in [7, 11) is 0. The van der Waals surface area contributed by atoms with Gasteiger partial charge in [0.1, 0.15) is 6.10 Å². The molecule has 3 aromatic carbocycles. The predicted molar refractivity (Wildman–Crippen MR) is 150 cm³/mol. The average molecular weight is 526 g/mol. The fourth-order valence-electron chi connectivity index (χ4n) is 4.25. The first-order valence-electron chi connectivity index (χ1n) is 12.3. The van der Waals surface area contributed by atoms with Gasteiger partial charge < -0.3 is 15.4 Å². The molecule has 0 aliphatic carbocycles. The summed E-state index contributed by atoms with van der Waals surface area (Å²) in [6, 6.07) is 29.0. The third kappa shape index (κ3) is 5.76. The first kappa shape index (κ1) is 25.2. The van der Waals surface area contributed by atoms with Crippen LogP contribution in [0.3, 0.4) is 0 Å². The van der Waals surface area contributed by atoms with Crippen molar-refractivity contribution in [2.45, 2.75) is 19.6 Å². The summed E-state index contributed by atoms with van der Waals surface area (Å²) < 4.78 is 5.35. The minimum absolute atomic E-state index is 0.0909. The van der Waals surface area contributed by atoms with E-state index < -0.39 is 12.2 Å². The Hall–Kier alpha value is -4.43. The van der Waals surface area contributed by atoms with E-state index in [0.717, 1.165) is 21.7 Å². The van der Waals surface area contributed by atoms with E-state index in [1.807, 2.05) is 66.7 Å². The summed E-state index contributed by atoms with van der Waals surface area (Å²) in [6.45, 7) is 2.60. The number of thiophene rings is 1. The van der Waals surface area contributed by atoms with Gasteiger partial charge in [0.25, 0.3) is 0 Å². The van der Waals surface area contributed by atoms with Crippen molar-refractivity contribution in [1.82, 2.24) is 5.32 Å². The third-order valence-corrected chi connectivity index (χ3v) is 7.40. The second-order valence-electron chi connectivity index (χ2n) is 8.99.